The first-order chi connectivity index (χ1) is 8.59. The summed E-state index contributed by atoms with van der Waals surface area (Å²) >= 11 is 0. The largest absolute Gasteiger partial charge is 0.346 e. The van der Waals surface area contributed by atoms with Crippen LogP contribution in [0.3, 0.4) is 0 Å². The molecule has 94 valence electrons. The maximum Gasteiger partial charge on any atom is 0.272 e. The number of nitrogens with one attached hydrogen (secondary N) is 2. The number of benzene rings is 1. The quantitative estimate of drug-likeness (QED) is 0.872. The first kappa shape index (κ1) is 12.3. The number of rotatable bonds is 3. The molecule has 0 unspecified atom stereocenters. The monoisotopic (exact) mass is 247 g/mol. The molecule has 5 heteroatoms. The molecule has 0 bridgehead atoms. The Morgan fingerprint density at radius 3 is 2.72 bits per heavy atom. The highest BCUT2D eigenvalue weighted by molar-refractivity contribution is 5.93. The number of hydrogen-bond acceptors (Lipinski definition) is 2. The smallest absolute Gasteiger partial charge is 0.272 e. The van der Waals surface area contributed by atoms with E-state index in [-0.39, 0.29) is 18.3 Å². The molecule has 2 N–H and O–H groups in total. The van der Waals surface area contributed by atoms with Gasteiger partial charge in [-0.2, -0.15) is 5.10 Å². The van der Waals surface area contributed by atoms with Gasteiger partial charge in [0.1, 0.15) is 5.82 Å². The van der Waals surface area contributed by atoms with Crippen LogP contribution in [0.15, 0.2) is 24.3 Å². The van der Waals surface area contributed by atoms with E-state index in [4.69, 9.17) is 0 Å². The van der Waals surface area contributed by atoms with Crippen molar-refractivity contribution in [3.63, 3.8) is 0 Å². The Hall–Kier alpha value is -2.17. The molecule has 0 aliphatic carbocycles. The number of hydrogen-bond donors (Lipinski definition) is 2. The van der Waals surface area contributed by atoms with Gasteiger partial charge in [-0.15, -0.1) is 0 Å². The molecule has 2 rings (SSSR count). The minimum Gasteiger partial charge on any atom is -0.346 e. The number of aromatic nitrogens is 2. The van der Waals surface area contributed by atoms with Crippen LogP contribution in [0.25, 0.3) is 0 Å². The molecule has 0 saturated carbocycles. The molecular formula is C13H14FN3O. The van der Waals surface area contributed by atoms with Crippen LogP contribution in [0.1, 0.15) is 27.3 Å². The summed E-state index contributed by atoms with van der Waals surface area (Å²) in [6.07, 6.45) is 0. The second-order valence-electron chi connectivity index (χ2n) is 4.10. The van der Waals surface area contributed by atoms with Crippen LogP contribution < -0.4 is 5.32 Å². The van der Waals surface area contributed by atoms with Gasteiger partial charge >= 0.3 is 0 Å². The maximum atomic E-state index is 13.4. The number of amides is 1. The minimum atomic E-state index is -0.326. The molecule has 0 atom stereocenters. The van der Waals surface area contributed by atoms with Crippen molar-refractivity contribution in [3.05, 3.63) is 52.6 Å². The van der Waals surface area contributed by atoms with E-state index in [2.05, 4.69) is 15.5 Å². The summed E-state index contributed by atoms with van der Waals surface area (Å²) in [7, 11) is 0. The van der Waals surface area contributed by atoms with Crippen LogP contribution in [0, 0.1) is 19.7 Å². The molecule has 1 aromatic heterocycles. The van der Waals surface area contributed by atoms with Crippen molar-refractivity contribution in [2.45, 2.75) is 20.4 Å². The molecule has 0 fully saturated rings. The zero-order valence-corrected chi connectivity index (χ0v) is 10.2. The molecule has 0 spiro atoms. The average Bonchev–Trinajstić information content (AvgIpc) is 2.69. The van der Waals surface area contributed by atoms with E-state index < -0.39 is 0 Å². The molecule has 0 saturated heterocycles. The molecule has 4 nitrogen and oxygen atoms in total. The molecular weight excluding hydrogens is 233 g/mol. The van der Waals surface area contributed by atoms with Gasteiger partial charge in [0.05, 0.1) is 0 Å². The fourth-order valence-electron chi connectivity index (χ4n) is 1.61. The summed E-state index contributed by atoms with van der Waals surface area (Å²) in [5.74, 6) is -0.632. The maximum absolute atomic E-state index is 13.4. The SMILES string of the molecule is Cc1[nH]nc(C(=O)NCc2ccccc2F)c1C. The van der Waals surface area contributed by atoms with E-state index in [1.807, 2.05) is 13.8 Å². The minimum absolute atomic E-state index is 0.150. The Morgan fingerprint density at radius 1 is 1.39 bits per heavy atom. The van der Waals surface area contributed by atoms with Gasteiger partial charge in [-0.05, 0) is 19.9 Å². The van der Waals surface area contributed by atoms with Crippen molar-refractivity contribution < 1.29 is 9.18 Å². The second kappa shape index (κ2) is 5.00. The van der Waals surface area contributed by atoms with Crippen LogP contribution in [0.4, 0.5) is 4.39 Å². The van der Waals surface area contributed by atoms with Crippen LogP contribution in [0.5, 0.6) is 0 Å². The predicted molar refractivity (Wildman–Crippen MR) is 65.6 cm³/mol. The van der Waals surface area contributed by atoms with E-state index >= 15 is 0 Å². The molecule has 1 aromatic carbocycles. The van der Waals surface area contributed by atoms with Crippen molar-refractivity contribution in [2.24, 2.45) is 0 Å². The fourth-order valence-corrected chi connectivity index (χ4v) is 1.61. The molecule has 0 aliphatic rings. The number of nitrogens with zero attached hydrogens (tertiary/aromatic N) is 1. The predicted octanol–water partition coefficient (Wildman–Crippen LogP) is 2.10. The number of aryl methyl sites for hydroxylation is 1. The molecule has 18 heavy (non-hydrogen) atoms. The molecule has 1 amide bonds. The van der Waals surface area contributed by atoms with Gasteiger partial charge in [0.2, 0.25) is 0 Å². The third-order valence-corrected chi connectivity index (χ3v) is 2.87. The normalized spacial score (nSPS) is 10.4. The van der Waals surface area contributed by atoms with Gasteiger partial charge < -0.3 is 5.32 Å². The third-order valence-electron chi connectivity index (χ3n) is 2.87. The Balaban J connectivity index is 2.05. The lowest BCUT2D eigenvalue weighted by atomic mass is 10.2. The lowest BCUT2D eigenvalue weighted by Crippen LogP contribution is -2.24. The highest BCUT2D eigenvalue weighted by atomic mass is 19.1. The summed E-state index contributed by atoms with van der Waals surface area (Å²) in [5.41, 5.74) is 2.46. The number of aromatic amines is 1. The Kier molecular flexibility index (Phi) is 3.41. The Labute approximate surface area is 104 Å². The van der Waals surface area contributed by atoms with Gasteiger partial charge in [-0.3, -0.25) is 9.89 Å². The highest BCUT2D eigenvalue weighted by Gasteiger charge is 2.14. The summed E-state index contributed by atoms with van der Waals surface area (Å²) in [6.45, 7) is 3.81. The molecule has 1 heterocycles. The van der Waals surface area contributed by atoms with E-state index in [1.165, 1.54) is 6.07 Å². The lowest BCUT2D eigenvalue weighted by molar-refractivity contribution is 0.0945. The van der Waals surface area contributed by atoms with Crippen molar-refractivity contribution in [1.82, 2.24) is 15.5 Å². The first-order valence-electron chi connectivity index (χ1n) is 5.62. The van der Waals surface area contributed by atoms with Crippen molar-refractivity contribution in [3.8, 4) is 0 Å². The van der Waals surface area contributed by atoms with Gasteiger partial charge in [0, 0.05) is 23.4 Å². The van der Waals surface area contributed by atoms with Crippen LogP contribution in [-0.4, -0.2) is 16.1 Å². The summed E-state index contributed by atoms with van der Waals surface area (Å²) in [6, 6.07) is 6.35. The number of carbonyl (C=O) groups excluding carboxylic acids is 1. The van der Waals surface area contributed by atoms with Crippen molar-refractivity contribution in [1.29, 1.82) is 0 Å². The summed E-state index contributed by atoms with van der Waals surface area (Å²) in [5, 5.41) is 9.31. The highest BCUT2D eigenvalue weighted by Crippen LogP contribution is 2.09. The standard InChI is InChI=1S/C13H14FN3O/c1-8-9(2)16-17-12(8)13(18)15-7-10-5-3-4-6-11(10)14/h3-6H,7H2,1-2H3,(H,15,18)(H,16,17). The van der Waals surface area contributed by atoms with E-state index in [0.29, 0.717) is 11.3 Å². The Bertz CT molecular complexity index is 577. The van der Waals surface area contributed by atoms with E-state index in [0.717, 1.165) is 11.3 Å². The molecule has 2 aromatic rings. The van der Waals surface area contributed by atoms with Crippen LogP contribution >= 0.6 is 0 Å². The average molecular weight is 247 g/mol. The Morgan fingerprint density at radius 2 is 2.11 bits per heavy atom. The number of halogens is 1. The van der Waals surface area contributed by atoms with Gasteiger partial charge in [-0.25, -0.2) is 4.39 Å². The van der Waals surface area contributed by atoms with Crippen molar-refractivity contribution in [2.75, 3.05) is 0 Å². The topological polar surface area (TPSA) is 57.8 Å². The lowest BCUT2D eigenvalue weighted by Gasteiger charge is -2.05. The fraction of sp³-hybridized carbons (Fsp3) is 0.231. The van der Waals surface area contributed by atoms with E-state index in [9.17, 15) is 9.18 Å². The zero-order chi connectivity index (χ0) is 13.1. The summed E-state index contributed by atoms with van der Waals surface area (Å²) in [4.78, 5) is 11.8. The molecule has 0 radical (unpaired) electrons. The first-order valence-corrected chi connectivity index (χ1v) is 5.62. The molecule has 0 aliphatic heterocycles. The second-order valence-corrected chi connectivity index (χ2v) is 4.10. The van der Waals surface area contributed by atoms with Crippen molar-refractivity contribution >= 4 is 5.91 Å². The van der Waals surface area contributed by atoms with Gasteiger partial charge in [-0.1, -0.05) is 18.2 Å². The third kappa shape index (κ3) is 2.40. The number of H-pyrrole nitrogens is 1. The van der Waals surface area contributed by atoms with Gasteiger partial charge in [0.25, 0.3) is 5.91 Å². The van der Waals surface area contributed by atoms with Gasteiger partial charge in [0.15, 0.2) is 5.69 Å². The summed E-state index contributed by atoms with van der Waals surface area (Å²) < 4.78 is 13.4. The van der Waals surface area contributed by atoms with E-state index in [1.54, 1.807) is 18.2 Å². The number of carbonyl (C=O) groups is 1. The zero-order valence-electron chi connectivity index (χ0n) is 10.2. The van der Waals surface area contributed by atoms with Crippen LogP contribution in [0.2, 0.25) is 0 Å². The van der Waals surface area contributed by atoms with Crippen LogP contribution in [-0.2, 0) is 6.54 Å².